The molecule has 1 aromatic heterocycles. The van der Waals surface area contributed by atoms with E-state index in [2.05, 4.69) is 20.6 Å². The molecule has 0 spiro atoms. The van der Waals surface area contributed by atoms with Gasteiger partial charge in [-0.15, -0.1) is 0 Å². The molecule has 4 heterocycles. The predicted molar refractivity (Wildman–Crippen MR) is 231 cm³/mol. The number of hydrogen-bond acceptors (Lipinski definition) is 15. The number of nitrogens with zero attached hydrogens (tertiary/aromatic N) is 3. The van der Waals surface area contributed by atoms with Crippen LogP contribution in [0.4, 0.5) is 9.59 Å². The zero-order chi connectivity index (χ0) is 46.4. The van der Waals surface area contributed by atoms with Gasteiger partial charge in [0.05, 0.1) is 18.1 Å². The number of likely N-dealkylation sites (N-methyl/N-ethyl adjacent to an activating group) is 1. The van der Waals surface area contributed by atoms with E-state index in [-0.39, 0.29) is 37.3 Å². The van der Waals surface area contributed by atoms with E-state index in [0.29, 0.717) is 12.2 Å². The number of benzene rings is 1. The number of fused-ring (bicyclic) bond motifs is 1. The number of alkyl carbamates (subject to hydrolysis) is 2. The number of esters is 2. The van der Waals surface area contributed by atoms with Crippen LogP contribution in [0.3, 0.4) is 0 Å². The highest BCUT2D eigenvalue weighted by Crippen LogP contribution is 2.42. The molecule has 0 radical (unpaired) electrons. The van der Waals surface area contributed by atoms with Gasteiger partial charge in [0.2, 0.25) is 0 Å². The second-order valence-corrected chi connectivity index (χ2v) is 17.9. The first kappa shape index (κ1) is 49.1. The Morgan fingerprint density at radius 1 is 1.03 bits per heavy atom. The van der Waals surface area contributed by atoms with Crippen LogP contribution in [-0.2, 0) is 42.8 Å². The van der Waals surface area contributed by atoms with E-state index in [1.54, 1.807) is 73.0 Å². The van der Waals surface area contributed by atoms with Gasteiger partial charge in [-0.2, -0.15) is 0 Å². The fourth-order valence-corrected chi connectivity index (χ4v) is 9.40. The van der Waals surface area contributed by atoms with Gasteiger partial charge in [-0.3, -0.25) is 14.4 Å². The third kappa shape index (κ3) is 11.4. The highest BCUT2D eigenvalue weighted by atomic mass is 16.7. The Hall–Kier alpha value is -4.97. The second-order valence-electron chi connectivity index (χ2n) is 17.9. The van der Waals surface area contributed by atoms with Crippen molar-refractivity contribution in [3.8, 4) is 11.4 Å². The Balaban J connectivity index is 1.53. The van der Waals surface area contributed by atoms with Crippen molar-refractivity contribution in [3.63, 3.8) is 0 Å². The molecule has 17 nitrogen and oxygen atoms in total. The third-order valence-electron chi connectivity index (χ3n) is 12.7. The van der Waals surface area contributed by atoms with Crippen molar-refractivity contribution < 1.29 is 57.5 Å². The number of carbonyl (C=O) groups is 5. The van der Waals surface area contributed by atoms with Gasteiger partial charge in [0.25, 0.3) is 0 Å². The lowest BCUT2D eigenvalue weighted by Crippen LogP contribution is -2.61. The van der Waals surface area contributed by atoms with Crippen LogP contribution in [0.15, 0.2) is 48.8 Å². The maximum atomic E-state index is 14.6. The van der Waals surface area contributed by atoms with Crippen LogP contribution in [0, 0.1) is 23.7 Å². The number of amides is 2. The van der Waals surface area contributed by atoms with E-state index >= 15 is 0 Å². The maximum absolute atomic E-state index is 14.6. The Morgan fingerprint density at radius 2 is 1.70 bits per heavy atom. The number of carbonyl (C=O) groups excluding carboxylic acids is 5. The minimum absolute atomic E-state index is 0.0506. The molecule has 0 unspecified atom stereocenters. The van der Waals surface area contributed by atoms with Crippen molar-refractivity contribution in [1.29, 1.82) is 0 Å². The normalized spacial score (nSPS) is 35.5. The van der Waals surface area contributed by atoms with E-state index in [1.807, 2.05) is 56.3 Å². The number of ether oxygens (including phenoxy) is 6. The number of cyclic esters (lactones) is 1. The molecule has 3 aliphatic heterocycles. The standard InChI is InChI=1S/C46H65N5O12/c1-12-34-46(9)38(50-44(57)63-46)27(4)35(53)25(2)24-45(8,62-43(56)49-20-13-15-31-16-18-32(19-17-31)40-47-21-14-22-48-40)39(28(5)37(59-30(7)52)29(6)41(55)60-34)61-42-36(54)33(51(10)11)23-26(3)58-42/h13-19,21-22,25-29,33-34,36-39,42,54H,12,20,23-24H2,1-11H3,(H,49,56)(H,50,57)/b15-13+/t25-,26-,27+,28+,29-,33+,34-,36-,37+,38-,39-,42+,45-,46-/m1/s1. The van der Waals surface area contributed by atoms with Crippen molar-refractivity contribution in [1.82, 2.24) is 25.5 Å². The lowest BCUT2D eigenvalue weighted by Gasteiger charge is -2.48. The molecule has 3 fully saturated rings. The highest BCUT2D eigenvalue weighted by Gasteiger charge is 2.58. The van der Waals surface area contributed by atoms with E-state index in [0.717, 1.165) is 11.1 Å². The first-order valence-electron chi connectivity index (χ1n) is 21.8. The van der Waals surface area contributed by atoms with Crippen molar-refractivity contribution >= 4 is 36.0 Å². The molecule has 2 amide bonds. The molecule has 5 rings (SSSR count). The number of nitrogens with one attached hydrogen (secondary N) is 2. The molecule has 0 saturated carbocycles. The molecule has 14 atom stereocenters. The van der Waals surface area contributed by atoms with Gasteiger partial charge in [0, 0.05) is 55.2 Å². The topological polar surface area (TPSA) is 214 Å². The molecule has 3 N–H and O–H groups in total. The van der Waals surface area contributed by atoms with Crippen molar-refractivity contribution in [2.24, 2.45) is 23.7 Å². The SMILES string of the molecule is CC[C@H]1OC(=O)[C@H](C)[C@@H](OC(C)=O)[C@H](C)[C@@H](O[C@@H]2O[C@H](C)C[C@H](N(C)C)[C@H]2O)[C@](C)(OC(=O)NC/C=C/c2ccc(-c3ncccn3)cc2)C[C@@H](C)C(=O)[C@H](C)[C@H]2NC(=O)O[C@@]21C. The fourth-order valence-electron chi connectivity index (χ4n) is 9.40. The number of aliphatic hydroxyl groups excluding tert-OH is 1. The summed E-state index contributed by atoms with van der Waals surface area (Å²) in [6.45, 7) is 14.7. The summed E-state index contributed by atoms with van der Waals surface area (Å²) in [5, 5.41) is 17.3. The Labute approximate surface area is 370 Å². The van der Waals surface area contributed by atoms with Gasteiger partial charge < -0.3 is 49.1 Å². The zero-order valence-electron chi connectivity index (χ0n) is 38.2. The minimum Gasteiger partial charge on any atom is -0.461 e. The molecule has 1 aromatic carbocycles. The molecule has 3 saturated heterocycles. The monoisotopic (exact) mass is 879 g/mol. The van der Waals surface area contributed by atoms with E-state index in [4.69, 9.17) is 28.4 Å². The summed E-state index contributed by atoms with van der Waals surface area (Å²) in [6.07, 6.45) is -0.488. The first-order valence-corrected chi connectivity index (χ1v) is 21.8. The van der Waals surface area contributed by atoms with Crippen LogP contribution < -0.4 is 10.6 Å². The lowest BCUT2D eigenvalue weighted by molar-refractivity contribution is -0.298. The summed E-state index contributed by atoms with van der Waals surface area (Å²) < 4.78 is 37.2. The molecular weight excluding hydrogens is 815 g/mol. The number of Topliss-reactive ketones (excluding diaryl/α,β-unsaturated/α-hetero) is 1. The molecule has 63 heavy (non-hydrogen) atoms. The summed E-state index contributed by atoms with van der Waals surface area (Å²) in [5.74, 6) is -5.00. The largest absolute Gasteiger partial charge is 0.461 e. The Bertz CT molecular complexity index is 1950. The van der Waals surface area contributed by atoms with Crippen molar-refractivity contribution in [3.05, 3.63) is 54.4 Å². The molecule has 346 valence electrons. The van der Waals surface area contributed by atoms with Gasteiger partial charge in [-0.1, -0.05) is 64.1 Å². The predicted octanol–water partition coefficient (Wildman–Crippen LogP) is 5.09. The second kappa shape index (κ2) is 20.7. The van der Waals surface area contributed by atoms with Gasteiger partial charge in [-0.05, 0) is 72.7 Å². The van der Waals surface area contributed by atoms with Crippen LogP contribution in [0.2, 0.25) is 0 Å². The number of aromatic nitrogens is 2. The minimum atomic E-state index is -1.73. The molecule has 3 aliphatic rings. The molecule has 0 aliphatic carbocycles. The Morgan fingerprint density at radius 3 is 2.32 bits per heavy atom. The number of rotatable bonds is 10. The van der Waals surface area contributed by atoms with Crippen molar-refractivity contribution in [2.75, 3.05) is 20.6 Å². The van der Waals surface area contributed by atoms with E-state index < -0.39 is 95.7 Å². The lowest BCUT2D eigenvalue weighted by atomic mass is 9.73. The van der Waals surface area contributed by atoms with E-state index in [9.17, 15) is 29.1 Å². The Kier molecular flexibility index (Phi) is 16.1. The van der Waals surface area contributed by atoms with Gasteiger partial charge in [-0.25, -0.2) is 19.6 Å². The van der Waals surface area contributed by atoms with Gasteiger partial charge >= 0.3 is 24.1 Å². The quantitative estimate of drug-likeness (QED) is 0.209. The third-order valence-corrected chi connectivity index (χ3v) is 12.7. The fraction of sp³-hybridized carbons (Fsp3) is 0.630. The number of ketones is 1. The summed E-state index contributed by atoms with van der Waals surface area (Å²) in [5.41, 5.74) is -1.48. The average Bonchev–Trinajstić information content (AvgIpc) is 3.56. The summed E-state index contributed by atoms with van der Waals surface area (Å²) in [4.78, 5) is 78.9. The number of hydrogen-bond donors (Lipinski definition) is 3. The smallest absolute Gasteiger partial charge is 0.408 e. The average molecular weight is 880 g/mol. The van der Waals surface area contributed by atoms with Crippen LogP contribution in [0.1, 0.15) is 87.1 Å². The highest BCUT2D eigenvalue weighted by molar-refractivity contribution is 5.85. The van der Waals surface area contributed by atoms with Gasteiger partial charge in [0.1, 0.15) is 35.8 Å². The van der Waals surface area contributed by atoms with Crippen molar-refractivity contribution in [2.45, 2.75) is 142 Å². The summed E-state index contributed by atoms with van der Waals surface area (Å²) >= 11 is 0. The van der Waals surface area contributed by atoms with Crippen LogP contribution in [-0.4, -0.2) is 131 Å². The molecule has 0 bridgehead atoms. The van der Waals surface area contributed by atoms with E-state index in [1.165, 1.54) is 6.92 Å². The zero-order valence-corrected chi connectivity index (χ0v) is 38.2. The maximum Gasteiger partial charge on any atom is 0.408 e. The van der Waals surface area contributed by atoms with Crippen LogP contribution in [0.25, 0.3) is 17.5 Å². The summed E-state index contributed by atoms with van der Waals surface area (Å²) in [7, 11) is 3.66. The first-order chi connectivity index (χ1) is 29.7. The molecular formula is C46H65N5O12. The summed E-state index contributed by atoms with van der Waals surface area (Å²) in [6, 6.07) is 8.02. The number of aliphatic hydroxyl groups is 1. The van der Waals surface area contributed by atoms with Crippen LogP contribution >= 0.6 is 0 Å². The van der Waals surface area contributed by atoms with Gasteiger partial charge in [0.15, 0.2) is 17.7 Å². The van der Waals surface area contributed by atoms with Crippen LogP contribution in [0.5, 0.6) is 0 Å². The molecule has 17 heteroatoms. The molecule has 2 aromatic rings.